The third-order valence-corrected chi connectivity index (χ3v) is 4.25. The van der Waals surface area contributed by atoms with Crippen LogP contribution in [0.1, 0.15) is 28.4 Å². The molecule has 2 N–H and O–H groups in total. The van der Waals surface area contributed by atoms with Crippen LogP contribution in [-0.4, -0.2) is 23.7 Å². The molecule has 2 aromatic carbocycles. The van der Waals surface area contributed by atoms with E-state index in [2.05, 4.69) is 21.2 Å². The van der Waals surface area contributed by atoms with Crippen LogP contribution in [0.5, 0.6) is 5.75 Å². The molecule has 0 spiro atoms. The van der Waals surface area contributed by atoms with Gasteiger partial charge in [0.05, 0.1) is 18.8 Å². The summed E-state index contributed by atoms with van der Waals surface area (Å²) in [5.74, 6) is -0.144. The molecular weight excluding hydrogens is 365 g/mol. The number of amides is 1. The number of carbonyl (C=O) groups excluding carboxylic acids is 1. The lowest BCUT2D eigenvalue weighted by Gasteiger charge is -2.23. The van der Waals surface area contributed by atoms with Crippen molar-refractivity contribution in [2.45, 2.75) is 18.6 Å². The van der Waals surface area contributed by atoms with Gasteiger partial charge in [-0.1, -0.05) is 15.9 Å². The van der Waals surface area contributed by atoms with Crippen molar-refractivity contribution in [3.8, 4) is 5.75 Å². The van der Waals surface area contributed by atoms with Crippen molar-refractivity contribution in [2.24, 2.45) is 0 Å². The molecule has 1 aliphatic heterocycles. The number of fused-ring (bicyclic) bond motifs is 1. The smallest absolute Gasteiger partial charge is 0.251 e. The summed E-state index contributed by atoms with van der Waals surface area (Å²) < 4.78 is 19.4. The minimum atomic E-state index is -0.769. The van der Waals surface area contributed by atoms with Crippen LogP contribution < -0.4 is 10.1 Å². The Bertz CT molecular complexity index is 720. The Balaban J connectivity index is 1.89. The van der Waals surface area contributed by atoms with E-state index in [9.17, 15) is 14.3 Å². The van der Waals surface area contributed by atoms with Crippen LogP contribution in [0, 0.1) is 5.82 Å². The SMILES string of the molecule is O=C(N[C@@H]1c2cc(Br)ccc2OCC[C@H]1O)c1ccc(F)cc1. The number of nitrogens with one attached hydrogen (secondary N) is 1. The average Bonchev–Trinajstić information content (AvgIpc) is 2.68. The maximum atomic E-state index is 13.0. The van der Waals surface area contributed by atoms with Gasteiger partial charge in [0.15, 0.2) is 0 Å². The molecule has 6 heteroatoms. The third-order valence-electron chi connectivity index (χ3n) is 3.76. The van der Waals surface area contributed by atoms with Gasteiger partial charge in [0.2, 0.25) is 0 Å². The van der Waals surface area contributed by atoms with Crippen molar-refractivity contribution < 1.29 is 19.0 Å². The topological polar surface area (TPSA) is 58.6 Å². The molecule has 120 valence electrons. The first-order chi connectivity index (χ1) is 11.0. The van der Waals surface area contributed by atoms with Gasteiger partial charge in [0.25, 0.3) is 5.91 Å². The largest absolute Gasteiger partial charge is 0.493 e. The highest BCUT2D eigenvalue weighted by Crippen LogP contribution is 2.34. The van der Waals surface area contributed by atoms with Crippen molar-refractivity contribution in [1.82, 2.24) is 5.32 Å². The van der Waals surface area contributed by atoms with Crippen LogP contribution in [0.25, 0.3) is 0 Å². The van der Waals surface area contributed by atoms with E-state index >= 15 is 0 Å². The number of aliphatic hydroxyl groups is 1. The molecule has 0 radical (unpaired) electrons. The average molecular weight is 380 g/mol. The summed E-state index contributed by atoms with van der Waals surface area (Å²) in [4.78, 5) is 12.4. The number of benzene rings is 2. The monoisotopic (exact) mass is 379 g/mol. The van der Waals surface area contributed by atoms with Gasteiger partial charge in [-0.15, -0.1) is 0 Å². The van der Waals surface area contributed by atoms with E-state index in [0.29, 0.717) is 29.9 Å². The van der Waals surface area contributed by atoms with E-state index in [0.717, 1.165) is 4.47 Å². The van der Waals surface area contributed by atoms with Crippen LogP contribution in [0.2, 0.25) is 0 Å². The molecule has 0 unspecified atom stereocenters. The first-order valence-electron chi connectivity index (χ1n) is 7.21. The highest BCUT2D eigenvalue weighted by atomic mass is 79.9. The summed E-state index contributed by atoms with van der Waals surface area (Å²) in [5, 5.41) is 13.2. The molecule has 2 atom stereocenters. The Labute approximate surface area is 141 Å². The van der Waals surface area contributed by atoms with Crippen molar-refractivity contribution >= 4 is 21.8 Å². The van der Waals surface area contributed by atoms with E-state index in [1.807, 2.05) is 12.1 Å². The molecule has 23 heavy (non-hydrogen) atoms. The van der Waals surface area contributed by atoms with Gasteiger partial charge >= 0.3 is 0 Å². The zero-order valence-electron chi connectivity index (χ0n) is 12.1. The molecule has 1 heterocycles. The fraction of sp³-hybridized carbons (Fsp3) is 0.235. The Morgan fingerprint density at radius 1 is 1.26 bits per heavy atom. The molecular formula is C17H15BrFNO3. The van der Waals surface area contributed by atoms with Gasteiger partial charge in [-0.05, 0) is 42.5 Å². The summed E-state index contributed by atoms with van der Waals surface area (Å²) in [6.07, 6.45) is -0.365. The van der Waals surface area contributed by atoms with E-state index < -0.39 is 18.0 Å². The van der Waals surface area contributed by atoms with Crippen LogP contribution >= 0.6 is 15.9 Å². The van der Waals surface area contributed by atoms with Gasteiger partial charge < -0.3 is 15.2 Å². The Hall–Kier alpha value is -1.92. The van der Waals surface area contributed by atoms with Crippen molar-refractivity contribution in [1.29, 1.82) is 0 Å². The van der Waals surface area contributed by atoms with E-state index in [1.165, 1.54) is 24.3 Å². The van der Waals surface area contributed by atoms with E-state index in [4.69, 9.17) is 4.74 Å². The highest BCUT2D eigenvalue weighted by Gasteiger charge is 2.29. The second-order valence-corrected chi connectivity index (χ2v) is 6.26. The lowest BCUT2D eigenvalue weighted by atomic mass is 9.99. The molecule has 3 rings (SSSR count). The molecule has 1 amide bonds. The van der Waals surface area contributed by atoms with Crippen LogP contribution in [0.15, 0.2) is 46.9 Å². The van der Waals surface area contributed by atoms with Crippen molar-refractivity contribution in [3.63, 3.8) is 0 Å². The fourth-order valence-corrected chi connectivity index (χ4v) is 2.94. The van der Waals surface area contributed by atoms with Gasteiger partial charge in [-0.25, -0.2) is 4.39 Å². The maximum Gasteiger partial charge on any atom is 0.251 e. The zero-order chi connectivity index (χ0) is 16.4. The second-order valence-electron chi connectivity index (χ2n) is 5.34. The summed E-state index contributed by atoms with van der Waals surface area (Å²) in [6, 6.07) is 10.1. The molecule has 0 aromatic heterocycles. The number of hydrogen-bond acceptors (Lipinski definition) is 3. The Morgan fingerprint density at radius 3 is 2.74 bits per heavy atom. The summed E-state index contributed by atoms with van der Waals surface area (Å²) >= 11 is 3.39. The van der Waals surface area contributed by atoms with Gasteiger partial charge in [0.1, 0.15) is 11.6 Å². The zero-order valence-corrected chi connectivity index (χ0v) is 13.7. The molecule has 0 saturated heterocycles. The lowest BCUT2D eigenvalue weighted by molar-refractivity contribution is 0.0805. The number of halogens is 2. The summed E-state index contributed by atoms with van der Waals surface area (Å²) in [7, 11) is 0. The minimum Gasteiger partial charge on any atom is -0.493 e. The number of hydrogen-bond donors (Lipinski definition) is 2. The number of rotatable bonds is 2. The van der Waals surface area contributed by atoms with Gasteiger partial charge in [0, 0.05) is 22.0 Å². The Morgan fingerprint density at radius 2 is 2.00 bits per heavy atom. The third kappa shape index (κ3) is 3.54. The fourth-order valence-electron chi connectivity index (χ4n) is 2.56. The first-order valence-corrected chi connectivity index (χ1v) is 8.00. The first kappa shape index (κ1) is 16.0. The molecule has 0 saturated carbocycles. The predicted molar refractivity (Wildman–Crippen MR) is 86.9 cm³/mol. The standard InChI is InChI=1S/C17H15BrFNO3/c18-11-3-6-15-13(9-11)16(14(21)7-8-23-15)20-17(22)10-1-4-12(19)5-2-10/h1-6,9,14,16,21H,7-8H2,(H,20,22)/t14-,16-/m1/s1. The lowest BCUT2D eigenvalue weighted by Crippen LogP contribution is -2.36. The molecule has 0 fully saturated rings. The van der Waals surface area contributed by atoms with Crippen molar-refractivity contribution in [3.05, 3.63) is 63.9 Å². The quantitative estimate of drug-likeness (QED) is 0.842. The number of ether oxygens (including phenoxy) is 1. The molecule has 4 nitrogen and oxygen atoms in total. The number of aliphatic hydroxyl groups excluding tert-OH is 1. The maximum absolute atomic E-state index is 13.0. The molecule has 0 aliphatic carbocycles. The minimum absolute atomic E-state index is 0.334. The van der Waals surface area contributed by atoms with Crippen LogP contribution in [0.4, 0.5) is 4.39 Å². The summed E-state index contributed by atoms with van der Waals surface area (Å²) in [6.45, 7) is 0.374. The second kappa shape index (κ2) is 6.68. The van der Waals surface area contributed by atoms with Crippen LogP contribution in [0.3, 0.4) is 0 Å². The molecule has 2 aromatic rings. The molecule has 0 bridgehead atoms. The Kier molecular flexibility index (Phi) is 4.63. The normalized spacial score (nSPS) is 20.1. The van der Waals surface area contributed by atoms with Gasteiger partial charge in [-0.3, -0.25) is 4.79 Å². The van der Waals surface area contributed by atoms with Crippen molar-refractivity contribution in [2.75, 3.05) is 6.61 Å². The number of carbonyl (C=O) groups is 1. The van der Waals surface area contributed by atoms with E-state index in [1.54, 1.807) is 6.07 Å². The van der Waals surface area contributed by atoms with Gasteiger partial charge in [-0.2, -0.15) is 0 Å². The summed E-state index contributed by atoms with van der Waals surface area (Å²) in [5.41, 5.74) is 1.04. The predicted octanol–water partition coefficient (Wildman–Crippen LogP) is 3.20. The molecule has 1 aliphatic rings. The van der Waals surface area contributed by atoms with E-state index in [-0.39, 0.29) is 5.91 Å². The van der Waals surface area contributed by atoms with Crippen LogP contribution in [-0.2, 0) is 0 Å². The highest BCUT2D eigenvalue weighted by molar-refractivity contribution is 9.10.